The molecule has 2 aromatic carbocycles. The van der Waals surface area contributed by atoms with Crippen LogP contribution in [0.1, 0.15) is 57.1 Å². The Morgan fingerprint density at radius 3 is 2.43 bits per heavy atom. The number of ether oxygens (including phenoxy) is 4. The highest BCUT2D eigenvalue weighted by Gasteiger charge is 2.41. The van der Waals surface area contributed by atoms with Gasteiger partial charge in [0.2, 0.25) is 0 Å². The number of rotatable bonds is 15. The summed E-state index contributed by atoms with van der Waals surface area (Å²) in [7, 11) is 1.64. The first-order valence-electron chi connectivity index (χ1n) is 13.2. The summed E-state index contributed by atoms with van der Waals surface area (Å²) >= 11 is 0. The molecule has 0 aromatic heterocycles. The van der Waals surface area contributed by atoms with Crippen LogP contribution in [0.3, 0.4) is 0 Å². The zero-order valence-electron chi connectivity index (χ0n) is 22.3. The highest BCUT2D eigenvalue weighted by atomic mass is 16.6. The van der Waals surface area contributed by atoms with Crippen LogP contribution in [-0.2, 0) is 32.2 Å². The molecule has 1 aliphatic heterocycles. The van der Waals surface area contributed by atoms with E-state index >= 15 is 0 Å². The Hall–Kier alpha value is -2.29. The predicted molar refractivity (Wildman–Crippen MR) is 141 cm³/mol. The maximum atomic E-state index is 12.8. The number of aliphatic hydroxyl groups excluding tert-OH is 2. The minimum atomic E-state index is -0.806. The lowest BCUT2D eigenvalue weighted by Crippen LogP contribution is -2.50. The monoisotopic (exact) mass is 514 g/mol. The van der Waals surface area contributed by atoms with E-state index in [1.54, 1.807) is 7.11 Å². The van der Waals surface area contributed by atoms with E-state index in [1.807, 2.05) is 68.4 Å². The van der Waals surface area contributed by atoms with Crippen molar-refractivity contribution in [2.75, 3.05) is 20.3 Å². The number of carbonyl (C=O) groups is 1. The van der Waals surface area contributed by atoms with Crippen LogP contribution in [-0.4, -0.2) is 60.2 Å². The average Bonchev–Trinajstić information content (AvgIpc) is 2.90. The molecule has 0 aliphatic carbocycles. The van der Waals surface area contributed by atoms with Crippen LogP contribution in [0.5, 0.6) is 5.75 Å². The Kier molecular flexibility index (Phi) is 11.5. The molecule has 0 unspecified atom stereocenters. The molecule has 1 saturated heterocycles. The molecule has 0 radical (unpaired) electrons. The van der Waals surface area contributed by atoms with Crippen molar-refractivity contribution in [1.82, 2.24) is 0 Å². The van der Waals surface area contributed by atoms with Crippen molar-refractivity contribution >= 4 is 5.78 Å². The summed E-state index contributed by atoms with van der Waals surface area (Å²) in [6.07, 6.45) is 0.886. The van der Waals surface area contributed by atoms with Crippen molar-refractivity contribution in [3.8, 4) is 5.75 Å². The third-order valence-electron chi connectivity index (χ3n) is 7.10. The molecule has 204 valence electrons. The van der Waals surface area contributed by atoms with Crippen molar-refractivity contribution in [2.45, 2.75) is 83.1 Å². The maximum Gasteiger partial charge on any atom is 0.135 e. The Morgan fingerprint density at radius 2 is 1.73 bits per heavy atom. The smallest absolute Gasteiger partial charge is 0.135 e. The second-order valence-corrected chi connectivity index (χ2v) is 10.3. The summed E-state index contributed by atoms with van der Waals surface area (Å²) in [4.78, 5) is 12.8. The van der Waals surface area contributed by atoms with Crippen molar-refractivity contribution in [3.05, 3.63) is 65.7 Å². The van der Waals surface area contributed by atoms with Crippen LogP contribution >= 0.6 is 0 Å². The first kappa shape index (κ1) is 29.3. The number of hydrogen-bond donors (Lipinski definition) is 2. The summed E-state index contributed by atoms with van der Waals surface area (Å²) in [5, 5.41) is 21.0. The van der Waals surface area contributed by atoms with Gasteiger partial charge in [0, 0.05) is 12.3 Å². The van der Waals surface area contributed by atoms with Crippen LogP contribution in [0.2, 0.25) is 0 Å². The normalized spacial score (nSPS) is 23.4. The number of carbonyl (C=O) groups excluding carboxylic acids is 1. The number of aliphatic hydroxyl groups is 2. The van der Waals surface area contributed by atoms with E-state index < -0.39 is 17.8 Å². The van der Waals surface area contributed by atoms with Crippen molar-refractivity contribution in [2.24, 2.45) is 5.92 Å². The fourth-order valence-electron chi connectivity index (χ4n) is 4.65. The first-order valence-corrected chi connectivity index (χ1v) is 13.2. The summed E-state index contributed by atoms with van der Waals surface area (Å²) in [5.41, 5.74) is 1.29. The Morgan fingerprint density at radius 1 is 1.05 bits per heavy atom. The fourth-order valence-corrected chi connectivity index (χ4v) is 4.65. The SMILES string of the molecule is COc1ccc(COC[C@@H]2CC[C@@H](O)[C@](C)(CCC(=O)[C@@H](C)C[C@@H](O)COCc3ccccc3)O2)cc1. The number of methoxy groups -OCH3 is 1. The van der Waals surface area contributed by atoms with Gasteiger partial charge in [-0.05, 0) is 55.9 Å². The van der Waals surface area contributed by atoms with Gasteiger partial charge < -0.3 is 29.2 Å². The van der Waals surface area contributed by atoms with Crippen molar-refractivity contribution in [3.63, 3.8) is 0 Å². The fraction of sp³-hybridized carbons (Fsp3) is 0.567. The van der Waals surface area contributed by atoms with Gasteiger partial charge in [0.25, 0.3) is 0 Å². The lowest BCUT2D eigenvalue weighted by Gasteiger charge is -2.42. The molecular weight excluding hydrogens is 472 g/mol. The van der Waals surface area contributed by atoms with Crippen molar-refractivity contribution in [1.29, 1.82) is 0 Å². The molecule has 0 amide bonds. The molecule has 1 fully saturated rings. The van der Waals surface area contributed by atoms with Crippen molar-refractivity contribution < 1.29 is 34.0 Å². The molecular formula is C30H42O7. The predicted octanol–water partition coefficient (Wildman–Crippen LogP) is 4.46. The summed E-state index contributed by atoms with van der Waals surface area (Å²) in [5.74, 6) is 0.555. The Bertz CT molecular complexity index is 933. The van der Waals surface area contributed by atoms with Gasteiger partial charge >= 0.3 is 0 Å². The molecule has 37 heavy (non-hydrogen) atoms. The average molecular weight is 515 g/mol. The van der Waals surface area contributed by atoms with Gasteiger partial charge in [0.1, 0.15) is 11.5 Å². The molecule has 5 atom stereocenters. The highest BCUT2D eigenvalue weighted by molar-refractivity contribution is 5.80. The van der Waals surface area contributed by atoms with Gasteiger partial charge in [0.15, 0.2) is 0 Å². The zero-order valence-corrected chi connectivity index (χ0v) is 22.3. The minimum absolute atomic E-state index is 0.0528. The maximum absolute atomic E-state index is 12.8. The quantitative estimate of drug-likeness (QED) is 0.362. The first-order chi connectivity index (χ1) is 17.8. The van der Waals surface area contributed by atoms with Crippen LogP contribution in [0, 0.1) is 5.92 Å². The summed E-state index contributed by atoms with van der Waals surface area (Å²) < 4.78 is 22.9. The molecule has 3 rings (SSSR count). The number of benzene rings is 2. The highest BCUT2D eigenvalue weighted by Crippen LogP contribution is 2.33. The van der Waals surface area contributed by atoms with Crippen LogP contribution < -0.4 is 4.74 Å². The van der Waals surface area contributed by atoms with Crippen LogP contribution in [0.25, 0.3) is 0 Å². The Balaban J connectivity index is 1.37. The van der Waals surface area contributed by atoms with Gasteiger partial charge in [-0.1, -0.05) is 49.4 Å². The van der Waals surface area contributed by atoms with E-state index in [0.717, 1.165) is 16.9 Å². The zero-order chi connectivity index (χ0) is 26.7. The van der Waals surface area contributed by atoms with Gasteiger partial charge in [-0.2, -0.15) is 0 Å². The minimum Gasteiger partial charge on any atom is -0.497 e. The summed E-state index contributed by atoms with van der Waals surface area (Å²) in [6, 6.07) is 17.5. The topological polar surface area (TPSA) is 94.5 Å². The van der Waals surface area contributed by atoms with E-state index in [9.17, 15) is 15.0 Å². The second kappa shape index (κ2) is 14.6. The largest absolute Gasteiger partial charge is 0.497 e. The molecule has 0 spiro atoms. The van der Waals surface area contributed by atoms with E-state index in [4.69, 9.17) is 18.9 Å². The van der Waals surface area contributed by atoms with Gasteiger partial charge in [0.05, 0.1) is 57.5 Å². The molecule has 1 aliphatic rings. The third kappa shape index (κ3) is 9.51. The lowest BCUT2D eigenvalue weighted by atomic mass is 9.84. The Labute approximate surface area is 220 Å². The number of Topliss-reactive ketones (excluding diaryl/α,β-unsaturated/α-hetero) is 1. The molecule has 7 heteroatoms. The molecule has 1 heterocycles. The van der Waals surface area contributed by atoms with Crippen LogP contribution in [0.4, 0.5) is 0 Å². The standard InChI is InChI=1S/C30H42O7/c1-22(17-25(31)20-35-18-23-7-5-4-6-8-23)28(32)15-16-30(2)29(33)14-13-27(37-30)21-36-19-24-9-11-26(34-3)12-10-24/h4-12,22,25,27,29,31,33H,13-21H2,1-3H3/t22-,25+,27-,29+,30-/m0/s1. The third-order valence-corrected chi connectivity index (χ3v) is 7.10. The van der Waals surface area contributed by atoms with Gasteiger partial charge in [-0.25, -0.2) is 0 Å². The van der Waals surface area contributed by atoms with E-state index in [2.05, 4.69) is 0 Å². The summed E-state index contributed by atoms with van der Waals surface area (Å²) in [6.45, 7) is 5.21. The van der Waals surface area contributed by atoms with E-state index in [-0.39, 0.29) is 30.8 Å². The van der Waals surface area contributed by atoms with Gasteiger partial charge in [-0.15, -0.1) is 0 Å². The van der Waals surface area contributed by atoms with E-state index in [1.165, 1.54) is 0 Å². The lowest BCUT2D eigenvalue weighted by molar-refractivity contribution is -0.198. The number of ketones is 1. The van der Waals surface area contributed by atoms with E-state index in [0.29, 0.717) is 45.5 Å². The molecule has 2 aromatic rings. The second-order valence-electron chi connectivity index (χ2n) is 10.3. The van der Waals surface area contributed by atoms with Crippen LogP contribution in [0.15, 0.2) is 54.6 Å². The molecule has 2 N–H and O–H groups in total. The molecule has 0 saturated carbocycles. The molecule has 0 bridgehead atoms. The number of hydrogen-bond acceptors (Lipinski definition) is 7. The molecule has 7 nitrogen and oxygen atoms in total. The van der Waals surface area contributed by atoms with Gasteiger partial charge in [-0.3, -0.25) is 4.79 Å².